The molecule has 1 saturated heterocycles. The lowest BCUT2D eigenvalue weighted by Crippen LogP contribution is -2.43. The van der Waals surface area contributed by atoms with Crippen LogP contribution in [0.2, 0.25) is 0 Å². The summed E-state index contributed by atoms with van der Waals surface area (Å²) in [7, 11) is 1.78. The van der Waals surface area contributed by atoms with Crippen LogP contribution in [0.15, 0.2) is 18.3 Å². The van der Waals surface area contributed by atoms with E-state index in [4.69, 9.17) is 4.74 Å². The van der Waals surface area contributed by atoms with Crippen LogP contribution in [-0.2, 0) is 4.74 Å². The average Bonchev–Trinajstić information content (AvgIpc) is 2.47. The number of pyridine rings is 1. The van der Waals surface area contributed by atoms with Crippen LogP contribution in [0, 0.1) is 5.92 Å². The van der Waals surface area contributed by atoms with E-state index in [1.807, 2.05) is 25.3 Å². The van der Waals surface area contributed by atoms with Crippen LogP contribution in [0.3, 0.4) is 0 Å². The van der Waals surface area contributed by atoms with Crippen LogP contribution in [0.4, 0.5) is 5.69 Å². The monoisotopic (exact) mass is 264 g/mol. The molecule has 3 atom stereocenters. The first-order valence-electron chi connectivity index (χ1n) is 7.07. The van der Waals surface area contributed by atoms with Crippen LogP contribution in [0.5, 0.6) is 0 Å². The Morgan fingerprint density at radius 3 is 2.89 bits per heavy atom. The van der Waals surface area contributed by atoms with Crippen molar-refractivity contribution in [3.63, 3.8) is 0 Å². The van der Waals surface area contributed by atoms with Crippen molar-refractivity contribution in [1.29, 1.82) is 0 Å². The first kappa shape index (κ1) is 14.3. The molecule has 0 aromatic carbocycles. The van der Waals surface area contributed by atoms with Crippen LogP contribution in [0.1, 0.15) is 38.5 Å². The van der Waals surface area contributed by atoms with Gasteiger partial charge in [-0.3, -0.25) is 4.98 Å². The molecule has 1 N–H and O–H groups in total. The largest absolute Gasteiger partial charge is 0.387 e. The maximum atomic E-state index is 9.75. The smallest absolute Gasteiger partial charge is 0.0957 e. The fraction of sp³-hybridized carbons (Fsp3) is 0.667. The molecule has 2 heterocycles. The third-order valence-electron chi connectivity index (χ3n) is 4.06. The number of aliphatic hydroxyl groups is 1. The van der Waals surface area contributed by atoms with Crippen LogP contribution in [0.25, 0.3) is 0 Å². The van der Waals surface area contributed by atoms with E-state index in [1.165, 1.54) is 0 Å². The van der Waals surface area contributed by atoms with Gasteiger partial charge < -0.3 is 14.7 Å². The first-order valence-corrected chi connectivity index (χ1v) is 7.07. The molecule has 19 heavy (non-hydrogen) atoms. The first-order chi connectivity index (χ1) is 9.15. The molecule has 0 radical (unpaired) electrons. The van der Waals surface area contributed by atoms with Crippen LogP contribution >= 0.6 is 0 Å². The second-order valence-electron chi connectivity index (χ2n) is 5.35. The van der Waals surface area contributed by atoms with Crippen molar-refractivity contribution in [2.24, 2.45) is 5.92 Å². The van der Waals surface area contributed by atoms with E-state index in [9.17, 15) is 5.11 Å². The molecule has 4 heteroatoms. The minimum absolute atomic E-state index is 0.287. The topological polar surface area (TPSA) is 45.6 Å². The van der Waals surface area contributed by atoms with Gasteiger partial charge in [0.1, 0.15) is 0 Å². The van der Waals surface area contributed by atoms with Crippen molar-refractivity contribution in [1.82, 2.24) is 4.98 Å². The molecule has 0 bridgehead atoms. The highest BCUT2D eigenvalue weighted by Gasteiger charge is 2.26. The fourth-order valence-electron chi connectivity index (χ4n) is 2.57. The summed E-state index contributed by atoms with van der Waals surface area (Å²) in [5.74, 6) is 0.607. The number of hydrogen-bond donors (Lipinski definition) is 1. The highest BCUT2D eigenvalue weighted by molar-refractivity contribution is 5.45. The number of aliphatic hydroxyl groups excluding tert-OH is 1. The number of ether oxygens (including phenoxy) is 1. The van der Waals surface area contributed by atoms with Gasteiger partial charge in [-0.2, -0.15) is 0 Å². The molecule has 1 aromatic heterocycles. The van der Waals surface area contributed by atoms with Gasteiger partial charge in [-0.1, -0.05) is 13.8 Å². The summed E-state index contributed by atoms with van der Waals surface area (Å²) >= 11 is 0. The Labute approximate surface area is 115 Å². The molecule has 0 spiro atoms. The van der Waals surface area contributed by atoms with E-state index in [0.717, 1.165) is 30.9 Å². The van der Waals surface area contributed by atoms with E-state index in [2.05, 4.69) is 16.8 Å². The molecule has 2 unspecified atom stereocenters. The number of hydrogen-bond acceptors (Lipinski definition) is 4. The molecule has 1 fully saturated rings. The number of nitrogens with zero attached hydrogens (tertiary/aromatic N) is 2. The Morgan fingerprint density at radius 1 is 1.53 bits per heavy atom. The third kappa shape index (κ3) is 3.25. The predicted octanol–water partition coefficient (Wildman–Crippen LogP) is 2.39. The molecular formula is C15H24N2O2. The molecule has 106 valence electrons. The second-order valence-corrected chi connectivity index (χ2v) is 5.35. The van der Waals surface area contributed by atoms with Gasteiger partial charge in [-0.15, -0.1) is 0 Å². The van der Waals surface area contributed by atoms with Crippen molar-refractivity contribution < 1.29 is 9.84 Å². The molecule has 1 aliphatic rings. The van der Waals surface area contributed by atoms with Crippen molar-refractivity contribution in [2.75, 3.05) is 25.1 Å². The Morgan fingerprint density at radius 2 is 2.32 bits per heavy atom. The zero-order chi connectivity index (χ0) is 13.8. The second kappa shape index (κ2) is 6.35. The maximum Gasteiger partial charge on any atom is 0.0957 e. The quantitative estimate of drug-likeness (QED) is 0.907. The summed E-state index contributed by atoms with van der Waals surface area (Å²) < 4.78 is 5.53. The summed E-state index contributed by atoms with van der Waals surface area (Å²) in [6, 6.07) is 3.97. The Kier molecular flexibility index (Phi) is 4.77. The molecule has 0 amide bonds. The van der Waals surface area contributed by atoms with E-state index in [0.29, 0.717) is 12.3 Å². The van der Waals surface area contributed by atoms with Crippen molar-refractivity contribution >= 4 is 5.69 Å². The zero-order valence-corrected chi connectivity index (χ0v) is 12.0. The third-order valence-corrected chi connectivity index (χ3v) is 4.06. The fourth-order valence-corrected chi connectivity index (χ4v) is 2.57. The highest BCUT2D eigenvalue weighted by atomic mass is 16.5. The minimum Gasteiger partial charge on any atom is -0.387 e. The van der Waals surface area contributed by atoms with Crippen LogP contribution < -0.4 is 4.90 Å². The van der Waals surface area contributed by atoms with E-state index < -0.39 is 6.10 Å². The molecule has 2 rings (SSSR count). The van der Waals surface area contributed by atoms with Gasteiger partial charge in [0.05, 0.1) is 29.8 Å². The lowest BCUT2D eigenvalue weighted by molar-refractivity contribution is 0.0498. The number of piperidine rings is 1. The summed E-state index contributed by atoms with van der Waals surface area (Å²) in [6.45, 7) is 6.15. The SMILES string of the molecule is CC[C@@H](O)c1ccc(N2CCC(C)C(OC)C2)cn1. The van der Waals surface area contributed by atoms with Gasteiger partial charge in [0, 0.05) is 20.2 Å². The summed E-state index contributed by atoms with van der Waals surface area (Å²) in [5.41, 5.74) is 1.86. The Hall–Kier alpha value is -1.13. The van der Waals surface area contributed by atoms with Gasteiger partial charge in [-0.05, 0) is 30.9 Å². The summed E-state index contributed by atoms with van der Waals surface area (Å²) in [4.78, 5) is 6.67. The van der Waals surface area contributed by atoms with Crippen molar-refractivity contribution in [3.8, 4) is 0 Å². The summed E-state index contributed by atoms with van der Waals surface area (Å²) in [5, 5.41) is 9.75. The van der Waals surface area contributed by atoms with E-state index in [-0.39, 0.29) is 6.10 Å². The maximum absolute atomic E-state index is 9.75. The lowest BCUT2D eigenvalue weighted by Gasteiger charge is -2.37. The molecule has 0 saturated carbocycles. The van der Waals surface area contributed by atoms with Gasteiger partial charge >= 0.3 is 0 Å². The average molecular weight is 264 g/mol. The molecule has 0 aliphatic carbocycles. The Bertz CT molecular complexity index is 394. The molecular weight excluding hydrogens is 240 g/mol. The number of anilines is 1. The van der Waals surface area contributed by atoms with Crippen molar-refractivity contribution in [2.45, 2.75) is 38.9 Å². The van der Waals surface area contributed by atoms with Gasteiger partial charge in [0.15, 0.2) is 0 Å². The standard InChI is InChI=1S/C15H24N2O2/c1-4-14(18)13-6-5-12(9-16-13)17-8-7-11(2)15(10-17)19-3/h5-6,9,11,14-15,18H,4,7-8,10H2,1-3H3/t11?,14-,15?/m1/s1. The summed E-state index contributed by atoms with van der Waals surface area (Å²) in [6.07, 6.45) is 3.52. The molecule has 1 aromatic rings. The minimum atomic E-state index is -0.456. The molecule has 4 nitrogen and oxygen atoms in total. The number of methoxy groups -OCH3 is 1. The zero-order valence-electron chi connectivity index (χ0n) is 12.0. The van der Waals surface area contributed by atoms with E-state index in [1.54, 1.807) is 7.11 Å². The van der Waals surface area contributed by atoms with E-state index >= 15 is 0 Å². The van der Waals surface area contributed by atoms with Crippen molar-refractivity contribution in [3.05, 3.63) is 24.0 Å². The van der Waals surface area contributed by atoms with Gasteiger partial charge in [0.25, 0.3) is 0 Å². The highest BCUT2D eigenvalue weighted by Crippen LogP contribution is 2.25. The molecule has 1 aliphatic heterocycles. The Balaban J connectivity index is 2.06. The predicted molar refractivity (Wildman–Crippen MR) is 76.3 cm³/mol. The van der Waals surface area contributed by atoms with Gasteiger partial charge in [-0.25, -0.2) is 0 Å². The number of aromatic nitrogens is 1. The normalized spacial score (nSPS) is 25.4. The van der Waals surface area contributed by atoms with Gasteiger partial charge in [0.2, 0.25) is 0 Å². The number of rotatable bonds is 4. The van der Waals surface area contributed by atoms with Crippen LogP contribution in [-0.4, -0.2) is 36.4 Å². The lowest BCUT2D eigenvalue weighted by atomic mass is 9.95.